The van der Waals surface area contributed by atoms with Crippen LogP contribution in [0.5, 0.6) is 11.5 Å². The highest BCUT2D eigenvalue weighted by Gasteiger charge is 2.31. The van der Waals surface area contributed by atoms with Crippen molar-refractivity contribution >= 4 is 12.0 Å². The molecule has 0 bridgehead atoms. The normalized spacial score (nSPS) is 15.3. The van der Waals surface area contributed by atoms with Gasteiger partial charge in [-0.15, -0.1) is 0 Å². The third kappa shape index (κ3) is 4.62. The Morgan fingerprint density at radius 1 is 1.43 bits per heavy atom. The molecule has 0 radical (unpaired) electrons. The van der Waals surface area contributed by atoms with Crippen LogP contribution >= 0.6 is 0 Å². The lowest BCUT2D eigenvalue weighted by Gasteiger charge is -2.23. The van der Waals surface area contributed by atoms with Gasteiger partial charge >= 0.3 is 0 Å². The molecule has 0 spiro atoms. The van der Waals surface area contributed by atoms with Crippen LogP contribution in [0.2, 0.25) is 0 Å². The quantitative estimate of drug-likeness (QED) is 0.544. The third-order valence-electron chi connectivity index (χ3n) is 4.23. The van der Waals surface area contributed by atoms with Gasteiger partial charge in [0.05, 0.1) is 7.11 Å². The number of carbonyl (C=O) groups excluding carboxylic acids is 1. The van der Waals surface area contributed by atoms with E-state index in [9.17, 15) is 4.79 Å². The number of carbonyl (C=O) groups is 1. The van der Waals surface area contributed by atoms with E-state index in [2.05, 4.69) is 13.5 Å². The first-order chi connectivity index (χ1) is 11.1. The molecular formula is C19H25NO3. The second-order valence-corrected chi connectivity index (χ2v) is 5.87. The lowest BCUT2D eigenvalue weighted by Crippen LogP contribution is -2.35. The minimum atomic E-state index is 0.0235. The predicted molar refractivity (Wildman–Crippen MR) is 92.7 cm³/mol. The third-order valence-corrected chi connectivity index (χ3v) is 4.23. The maximum Gasteiger partial charge on any atom is 0.246 e. The van der Waals surface area contributed by atoms with Crippen molar-refractivity contribution in [3.63, 3.8) is 0 Å². The Hall–Kier alpha value is -2.23. The highest BCUT2D eigenvalue weighted by molar-refractivity contribution is 5.91. The molecule has 1 amide bonds. The summed E-state index contributed by atoms with van der Waals surface area (Å²) in [7, 11) is 3.46. The first kappa shape index (κ1) is 17.1. The zero-order valence-corrected chi connectivity index (χ0v) is 14.1. The molecule has 1 unspecified atom stereocenters. The monoisotopic (exact) mass is 315 g/mol. The number of hydrogen-bond donors (Lipinski definition) is 0. The second-order valence-electron chi connectivity index (χ2n) is 5.87. The Kier molecular flexibility index (Phi) is 5.85. The predicted octanol–water partition coefficient (Wildman–Crippen LogP) is 3.53. The minimum absolute atomic E-state index is 0.0235. The van der Waals surface area contributed by atoms with Gasteiger partial charge in [-0.25, -0.2) is 0 Å². The standard InChI is InChI=1S/C19H25NO3/c1-5-12-23-17-10-6-15(13-18(17)22-4)7-11-19(21)20(3)14(2)16-8-9-16/h5-7,10-11,13-14,16H,1,8-9,12H2,2-4H3/b11-7+. The van der Waals surface area contributed by atoms with E-state index in [1.807, 2.05) is 30.1 Å². The summed E-state index contributed by atoms with van der Waals surface area (Å²) < 4.78 is 10.8. The highest BCUT2D eigenvalue weighted by Crippen LogP contribution is 2.34. The molecule has 4 nitrogen and oxygen atoms in total. The first-order valence-electron chi connectivity index (χ1n) is 7.93. The first-order valence-corrected chi connectivity index (χ1v) is 7.93. The molecule has 124 valence electrons. The molecule has 1 fully saturated rings. The van der Waals surface area contributed by atoms with Gasteiger partial charge < -0.3 is 14.4 Å². The summed E-state index contributed by atoms with van der Waals surface area (Å²) >= 11 is 0. The van der Waals surface area contributed by atoms with E-state index in [-0.39, 0.29) is 5.91 Å². The van der Waals surface area contributed by atoms with Crippen molar-refractivity contribution in [2.75, 3.05) is 20.8 Å². The average molecular weight is 315 g/mol. The Morgan fingerprint density at radius 3 is 2.78 bits per heavy atom. The molecule has 1 aliphatic carbocycles. The second kappa shape index (κ2) is 7.86. The molecule has 1 saturated carbocycles. The Labute approximate surface area is 138 Å². The summed E-state index contributed by atoms with van der Waals surface area (Å²) in [6, 6.07) is 5.89. The van der Waals surface area contributed by atoms with Crippen LogP contribution in [0.15, 0.2) is 36.9 Å². The SMILES string of the molecule is C=CCOc1ccc(/C=C/C(=O)N(C)C(C)C2CC2)cc1OC. The van der Waals surface area contributed by atoms with Crippen molar-refractivity contribution in [1.29, 1.82) is 0 Å². The maximum atomic E-state index is 12.2. The molecule has 2 rings (SSSR count). The lowest BCUT2D eigenvalue weighted by molar-refractivity contribution is -0.126. The molecule has 1 aromatic carbocycles. The zero-order chi connectivity index (χ0) is 16.8. The molecule has 0 aliphatic heterocycles. The van der Waals surface area contributed by atoms with Crippen LogP contribution < -0.4 is 9.47 Å². The Balaban J connectivity index is 2.03. The van der Waals surface area contributed by atoms with Crippen LogP contribution in [-0.2, 0) is 4.79 Å². The fraction of sp³-hybridized carbons (Fsp3) is 0.421. The molecule has 1 aliphatic rings. The van der Waals surface area contributed by atoms with E-state index >= 15 is 0 Å². The van der Waals surface area contributed by atoms with E-state index in [1.165, 1.54) is 12.8 Å². The van der Waals surface area contributed by atoms with E-state index in [0.717, 1.165) is 5.56 Å². The average Bonchev–Trinajstić information content (AvgIpc) is 3.41. The molecule has 23 heavy (non-hydrogen) atoms. The molecule has 0 N–H and O–H groups in total. The largest absolute Gasteiger partial charge is 0.493 e. The minimum Gasteiger partial charge on any atom is -0.493 e. The summed E-state index contributed by atoms with van der Waals surface area (Å²) in [4.78, 5) is 14.0. The zero-order valence-electron chi connectivity index (χ0n) is 14.1. The van der Waals surface area contributed by atoms with Gasteiger partial charge in [-0.2, -0.15) is 0 Å². The van der Waals surface area contributed by atoms with Crippen LogP contribution in [0.4, 0.5) is 0 Å². The van der Waals surface area contributed by atoms with E-state index in [4.69, 9.17) is 9.47 Å². The summed E-state index contributed by atoms with van der Waals surface area (Å²) in [6.07, 6.45) is 7.55. The fourth-order valence-electron chi connectivity index (χ4n) is 2.44. The number of nitrogens with zero attached hydrogens (tertiary/aromatic N) is 1. The highest BCUT2D eigenvalue weighted by atomic mass is 16.5. The smallest absolute Gasteiger partial charge is 0.246 e. The Bertz CT molecular complexity index is 590. The van der Waals surface area contributed by atoms with Gasteiger partial charge in [-0.3, -0.25) is 4.79 Å². The van der Waals surface area contributed by atoms with Crippen molar-refractivity contribution in [3.8, 4) is 11.5 Å². The van der Waals surface area contributed by atoms with Gasteiger partial charge in [-0.1, -0.05) is 18.7 Å². The summed E-state index contributed by atoms with van der Waals surface area (Å²) in [5.41, 5.74) is 0.897. The summed E-state index contributed by atoms with van der Waals surface area (Å²) in [6.45, 7) is 6.16. The van der Waals surface area contributed by atoms with Crippen LogP contribution in [0.25, 0.3) is 6.08 Å². The van der Waals surface area contributed by atoms with Crippen molar-refractivity contribution in [2.45, 2.75) is 25.8 Å². The van der Waals surface area contributed by atoms with Crippen LogP contribution in [0, 0.1) is 5.92 Å². The summed E-state index contributed by atoms with van der Waals surface area (Å²) in [5, 5.41) is 0. The van der Waals surface area contributed by atoms with Crippen LogP contribution in [-0.4, -0.2) is 37.6 Å². The molecule has 0 aromatic heterocycles. The lowest BCUT2D eigenvalue weighted by atomic mass is 10.1. The van der Waals surface area contributed by atoms with Crippen LogP contribution in [0.3, 0.4) is 0 Å². The molecule has 4 heteroatoms. The summed E-state index contributed by atoms with van der Waals surface area (Å²) in [5.74, 6) is 1.99. The van der Waals surface area contributed by atoms with Gasteiger partial charge in [0, 0.05) is 19.2 Å². The fourth-order valence-corrected chi connectivity index (χ4v) is 2.44. The number of likely N-dealkylation sites (N-methyl/N-ethyl adjacent to an activating group) is 1. The van der Waals surface area contributed by atoms with Crippen molar-refractivity contribution < 1.29 is 14.3 Å². The van der Waals surface area contributed by atoms with Crippen LogP contribution in [0.1, 0.15) is 25.3 Å². The van der Waals surface area contributed by atoms with Gasteiger partial charge in [0.25, 0.3) is 0 Å². The van der Waals surface area contributed by atoms with E-state index in [0.29, 0.717) is 30.1 Å². The number of amides is 1. The number of ether oxygens (including phenoxy) is 2. The topological polar surface area (TPSA) is 38.8 Å². The van der Waals surface area contributed by atoms with Crippen molar-refractivity contribution in [1.82, 2.24) is 4.90 Å². The number of benzene rings is 1. The molecule has 0 saturated heterocycles. The number of rotatable bonds is 8. The van der Waals surface area contributed by atoms with E-state index < -0.39 is 0 Å². The molecule has 0 heterocycles. The van der Waals surface area contributed by atoms with Gasteiger partial charge in [0.15, 0.2) is 11.5 Å². The van der Waals surface area contributed by atoms with Gasteiger partial charge in [0.1, 0.15) is 6.61 Å². The van der Waals surface area contributed by atoms with Crippen molar-refractivity contribution in [3.05, 3.63) is 42.5 Å². The molecule has 1 aromatic rings. The maximum absolute atomic E-state index is 12.2. The van der Waals surface area contributed by atoms with Crippen molar-refractivity contribution in [2.24, 2.45) is 5.92 Å². The van der Waals surface area contributed by atoms with Gasteiger partial charge in [-0.05, 0) is 49.5 Å². The van der Waals surface area contributed by atoms with Gasteiger partial charge in [0.2, 0.25) is 5.91 Å². The molecular weight excluding hydrogens is 290 g/mol. The Morgan fingerprint density at radius 2 is 2.17 bits per heavy atom. The number of methoxy groups -OCH3 is 1. The van der Waals surface area contributed by atoms with E-state index in [1.54, 1.807) is 25.3 Å². The number of hydrogen-bond acceptors (Lipinski definition) is 3. The molecule has 1 atom stereocenters.